The molecule has 3 aromatic heterocycles. The molecule has 6 heterocycles. The van der Waals surface area contributed by atoms with Crippen molar-refractivity contribution in [2.45, 2.75) is 166 Å². The number of nitrogens with zero attached hydrogens (tertiary/aromatic N) is 5. The van der Waals surface area contributed by atoms with Gasteiger partial charge in [0.05, 0.1) is 35.0 Å². The molecule has 16 heteroatoms. The molecule has 1 amide bonds. The molecule has 18 rings (SSSR count). The van der Waals surface area contributed by atoms with E-state index in [1.165, 1.54) is 56.3 Å². The van der Waals surface area contributed by atoms with E-state index < -0.39 is 0 Å². The van der Waals surface area contributed by atoms with Gasteiger partial charge in [-0.3, -0.25) is 34.1 Å². The van der Waals surface area contributed by atoms with Crippen LogP contribution in [0.5, 0.6) is 0 Å². The quantitative estimate of drug-likeness (QED) is 0.122. The van der Waals surface area contributed by atoms with Crippen molar-refractivity contribution in [3.05, 3.63) is 208 Å². The molecule has 0 saturated heterocycles. The number of fused-ring (bicyclic) bond motifs is 12. The van der Waals surface area contributed by atoms with Crippen LogP contribution >= 0.6 is 0 Å². The highest BCUT2D eigenvalue weighted by molar-refractivity contribution is 6.01. The second-order valence-electron chi connectivity index (χ2n) is 34.2. The van der Waals surface area contributed by atoms with Crippen molar-refractivity contribution in [1.82, 2.24) is 30.1 Å². The minimum absolute atomic E-state index is 0.00651. The third-order valence-corrected chi connectivity index (χ3v) is 27.2. The van der Waals surface area contributed by atoms with Gasteiger partial charge < -0.3 is 43.5 Å². The Morgan fingerprint density at radius 3 is 1.55 bits per heavy atom. The average molecular weight is 1430 g/mol. The first-order valence-corrected chi connectivity index (χ1v) is 38.9. The molecule has 3 unspecified atom stereocenters. The Balaban J connectivity index is 0.000000122. The SMILES string of the molecule is CO[C@@H]1C[C@H]2[C@@H]3OC4=C(C=C3C=C[C@]2(C)[C@H]1c1ccc2ccncc2c1)C(=O)CC(CN(C)C)C4.CO[C@@H]1C[C@H]2[C@@H]3OC4=C(C=C3CC[C@]2(C)[C@H]1c1ccc2ccncc2c1)C(=O)CC(CN(C)C)C4.CO[C@@H]1C[C@H]2[C@@H]3OC4=C(C=C3CC[C@]2(C)[C@H]1c1cccc2cnccc12)C(=O)CC(CNC(C)=O)C4. The number of hydrogen-bond acceptors (Lipinski definition) is 15. The fourth-order valence-electron chi connectivity index (χ4n) is 22.2. The molecule has 5 saturated carbocycles. The number of benzene rings is 3. The van der Waals surface area contributed by atoms with Gasteiger partial charge in [0, 0.05) is 181 Å². The van der Waals surface area contributed by atoms with E-state index >= 15 is 0 Å². The summed E-state index contributed by atoms with van der Waals surface area (Å²) in [5, 5.41) is 10.0. The lowest BCUT2D eigenvalue weighted by atomic mass is 9.60. The standard InChI is InChI=1S/C30H34N2O4.C30H36N2O3.C30H34N2O3/c1-17(33)32-15-18-11-25(34)23-13-19-7-9-30(2)24(29(19)36-26(23)12-18)14-27(35-3)28(30)22-6-4-5-20-16-31-10-8-21(20)22;2*1-30-9-7-21-14-23-25(33)11-18(17-32(2)3)12-26(23)35-29(21)24(30)15-27(34-4)28(30)20-6-5-19-8-10-31-16-22(19)13-20/h4-6,8,10,13,16,18,24,27-29H,7,9,11-12,14-15H2,1-3H3,(H,32,33);5-6,8,10,13-14,16,18,24,27-29H,7,9,11-12,15,17H2,1-4H3;5-10,13-14,16,18,24,27-29H,11-12,15,17H2,1-4H3/t3*18?,24-,27+,28-,29+,30-/m000/s1. The number of rotatable bonds is 12. The average Bonchev–Trinajstić information content (AvgIpc) is 1.55. The second kappa shape index (κ2) is 28.7. The number of aromatic nitrogens is 3. The molecule has 0 bridgehead atoms. The van der Waals surface area contributed by atoms with Crippen molar-refractivity contribution in [1.29, 1.82) is 0 Å². The van der Waals surface area contributed by atoms with Gasteiger partial charge in [0.2, 0.25) is 5.91 Å². The summed E-state index contributed by atoms with van der Waals surface area (Å²) in [6.45, 7) is 11.1. The Hall–Kier alpha value is -8.25. The molecule has 3 aliphatic heterocycles. The number of allylic oxidation sites excluding steroid dienone is 10. The molecule has 12 aliphatic rings. The summed E-state index contributed by atoms with van der Waals surface area (Å²) in [4.78, 5) is 67.7. The van der Waals surface area contributed by atoms with Crippen LogP contribution in [0.15, 0.2) is 191 Å². The summed E-state index contributed by atoms with van der Waals surface area (Å²) >= 11 is 0. The van der Waals surface area contributed by atoms with Crippen LogP contribution in [0.4, 0.5) is 0 Å². The van der Waals surface area contributed by atoms with Crippen molar-refractivity contribution >= 4 is 55.6 Å². The maximum absolute atomic E-state index is 13.0. The second-order valence-corrected chi connectivity index (χ2v) is 34.2. The van der Waals surface area contributed by atoms with Gasteiger partial charge in [0.25, 0.3) is 0 Å². The predicted molar refractivity (Wildman–Crippen MR) is 411 cm³/mol. The van der Waals surface area contributed by atoms with Crippen molar-refractivity contribution < 1.29 is 47.6 Å². The van der Waals surface area contributed by atoms with E-state index in [0.29, 0.717) is 61.8 Å². The summed E-state index contributed by atoms with van der Waals surface area (Å²) in [5.74, 6) is 5.60. The molecule has 3 aromatic carbocycles. The van der Waals surface area contributed by atoms with Crippen molar-refractivity contribution in [2.24, 2.45) is 51.8 Å². The number of carbonyl (C=O) groups excluding carboxylic acids is 4. The highest BCUT2D eigenvalue weighted by Gasteiger charge is 2.62. The zero-order valence-electron chi connectivity index (χ0n) is 63.6. The van der Waals surface area contributed by atoms with Gasteiger partial charge in [-0.2, -0.15) is 0 Å². The largest absolute Gasteiger partial charge is 0.489 e. The number of carbonyl (C=O) groups is 4. The van der Waals surface area contributed by atoms with Gasteiger partial charge in [-0.1, -0.05) is 75.4 Å². The number of ketones is 3. The lowest BCUT2D eigenvalue weighted by molar-refractivity contribution is -0.121. The van der Waals surface area contributed by atoms with Gasteiger partial charge >= 0.3 is 0 Å². The zero-order valence-corrected chi connectivity index (χ0v) is 63.6. The highest BCUT2D eigenvalue weighted by atomic mass is 16.5. The first-order valence-electron chi connectivity index (χ1n) is 38.9. The van der Waals surface area contributed by atoms with Gasteiger partial charge in [0.15, 0.2) is 17.3 Å². The normalized spacial score (nSPS) is 33.9. The third kappa shape index (κ3) is 12.9. The monoisotopic (exact) mass is 1430 g/mol. The van der Waals surface area contributed by atoms with Gasteiger partial charge in [0.1, 0.15) is 35.6 Å². The molecule has 0 spiro atoms. The maximum atomic E-state index is 13.0. The summed E-state index contributed by atoms with van der Waals surface area (Å²) < 4.78 is 38.8. The molecule has 18 atom stereocenters. The maximum Gasteiger partial charge on any atom is 0.216 e. The molecule has 5 fully saturated rings. The van der Waals surface area contributed by atoms with Crippen LogP contribution < -0.4 is 5.32 Å². The van der Waals surface area contributed by atoms with Crippen LogP contribution in [0.25, 0.3) is 32.3 Å². The summed E-state index contributed by atoms with van der Waals surface area (Å²) in [7, 11) is 13.8. The minimum Gasteiger partial charge on any atom is -0.489 e. The third-order valence-electron chi connectivity index (χ3n) is 27.2. The number of pyridine rings is 3. The van der Waals surface area contributed by atoms with E-state index in [1.54, 1.807) is 0 Å². The summed E-state index contributed by atoms with van der Waals surface area (Å²) in [6.07, 6.45) is 33.6. The number of amides is 1. The van der Waals surface area contributed by atoms with E-state index in [4.69, 9.17) is 28.4 Å². The Bertz CT molecular complexity index is 4730. The van der Waals surface area contributed by atoms with Crippen LogP contribution in [-0.2, 0) is 47.6 Å². The highest BCUT2D eigenvalue weighted by Crippen LogP contribution is 2.66. The number of methoxy groups -OCH3 is 3. The fourth-order valence-corrected chi connectivity index (χ4v) is 22.2. The molecule has 0 radical (unpaired) electrons. The number of hydrogen-bond donors (Lipinski definition) is 1. The Morgan fingerprint density at radius 1 is 0.528 bits per heavy atom. The van der Waals surface area contributed by atoms with Gasteiger partial charge in [-0.05, 0) is 200 Å². The lowest BCUT2D eigenvalue weighted by Crippen LogP contribution is -2.44. The first kappa shape index (κ1) is 72.0. The Morgan fingerprint density at radius 2 is 1.00 bits per heavy atom. The lowest BCUT2D eigenvalue weighted by Gasteiger charge is -2.48. The summed E-state index contributed by atoms with van der Waals surface area (Å²) in [5.41, 5.74) is 9.99. The number of nitrogens with one attached hydrogen (secondary N) is 1. The summed E-state index contributed by atoms with van der Waals surface area (Å²) in [6, 6.07) is 26.3. The first-order chi connectivity index (χ1) is 51.1. The zero-order chi connectivity index (χ0) is 73.7. The van der Waals surface area contributed by atoms with Crippen LogP contribution in [0.1, 0.15) is 146 Å². The van der Waals surface area contributed by atoms with Crippen LogP contribution in [0, 0.1) is 51.8 Å². The molecular formula is C90H104N6O10. The van der Waals surface area contributed by atoms with E-state index in [2.05, 4.69) is 182 Å². The Labute approximate surface area is 624 Å². The topological polar surface area (TPSA) is 181 Å². The molecule has 9 aliphatic carbocycles. The van der Waals surface area contributed by atoms with E-state index in [9.17, 15) is 19.2 Å². The fraction of sp³-hybridized carbons (Fsp3) is 0.500. The molecule has 6 aromatic rings. The molecule has 554 valence electrons. The van der Waals surface area contributed by atoms with Crippen LogP contribution in [0.3, 0.4) is 0 Å². The van der Waals surface area contributed by atoms with Crippen molar-refractivity contribution in [3.63, 3.8) is 0 Å². The van der Waals surface area contributed by atoms with E-state index in [-0.39, 0.29) is 99.8 Å². The van der Waals surface area contributed by atoms with Crippen molar-refractivity contribution in [3.8, 4) is 0 Å². The van der Waals surface area contributed by atoms with Gasteiger partial charge in [-0.25, -0.2) is 0 Å². The Kier molecular flexibility index (Phi) is 19.5. The minimum atomic E-state index is -0.113. The van der Waals surface area contributed by atoms with Crippen LogP contribution in [-0.4, -0.2) is 154 Å². The van der Waals surface area contributed by atoms with Crippen LogP contribution in [0.2, 0.25) is 0 Å². The predicted octanol–water partition coefficient (Wildman–Crippen LogP) is 15.2. The number of Topliss-reactive ketones (excluding diaryl/α,β-unsaturated/α-hetero) is 3. The molecule has 1 N–H and O–H groups in total. The molecular weight excluding hydrogens is 1330 g/mol. The smallest absolute Gasteiger partial charge is 0.216 e. The molecule has 106 heavy (non-hydrogen) atoms. The number of ether oxygens (including phenoxy) is 6. The van der Waals surface area contributed by atoms with E-state index in [0.717, 1.165) is 121 Å². The van der Waals surface area contributed by atoms with Crippen molar-refractivity contribution in [2.75, 3.05) is 69.2 Å². The molecule has 16 nitrogen and oxygen atoms in total. The van der Waals surface area contributed by atoms with E-state index in [1.807, 2.05) is 58.5 Å². The van der Waals surface area contributed by atoms with Gasteiger partial charge in [-0.15, -0.1) is 0 Å².